The van der Waals surface area contributed by atoms with Crippen LogP contribution in [0.5, 0.6) is 17.2 Å². The summed E-state index contributed by atoms with van der Waals surface area (Å²) in [6, 6.07) is 28.1. The third-order valence-corrected chi connectivity index (χ3v) is 6.61. The number of nitrogens with zero attached hydrogens (tertiary/aromatic N) is 1. The van der Waals surface area contributed by atoms with Gasteiger partial charge >= 0.3 is 5.97 Å². The zero-order valence-corrected chi connectivity index (χ0v) is 23.9. The third-order valence-electron chi connectivity index (χ3n) is 6.61. The first-order valence-electron chi connectivity index (χ1n) is 13.8. The fourth-order valence-electron chi connectivity index (χ4n) is 4.39. The predicted octanol–water partition coefficient (Wildman–Crippen LogP) is 5.30. The van der Waals surface area contributed by atoms with Crippen molar-refractivity contribution in [1.82, 2.24) is 5.32 Å². The van der Waals surface area contributed by atoms with Gasteiger partial charge in [-0.05, 0) is 72.1 Å². The molecule has 0 bridgehead atoms. The van der Waals surface area contributed by atoms with Crippen LogP contribution in [-0.4, -0.2) is 36.7 Å². The molecular weight excluding hydrogens is 546 g/mol. The Bertz CT molecular complexity index is 1550. The van der Waals surface area contributed by atoms with E-state index in [0.717, 1.165) is 11.1 Å². The highest BCUT2D eigenvalue weighted by molar-refractivity contribution is 5.90. The summed E-state index contributed by atoms with van der Waals surface area (Å²) in [6.45, 7) is 2.18. The van der Waals surface area contributed by atoms with Crippen molar-refractivity contribution in [3.05, 3.63) is 119 Å². The van der Waals surface area contributed by atoms with Crippen molar-refractivity contribution in [2.75, 3.05) is 19.0 Å². The van der Waals surface area contributed by atoms with Crippen molar-refractivity contribution in [3.63, 3.8) is 0 Å². The van der Waals surface area contributed by atoms with Gasteiger partial charge in [-0.1, -0.05) is 48.5 Å². The molecule has 0 saturated heterocycles. The number of benzene rings is 4. The zero-order chi connectivity index (χ0) is 30.6. The van der Waals surface area contributed by atoms with Crippen LogP contribution in [0.25, 0.3) is 0 Å². The topological polar surface area (TPSA) is 130 Å². The van der Waals surface area contributed by atoms with Crippen LogP contribution in [0.3, 0.4) is 0 Å². The van der Waals surface area contributed by atoms with Gasteiger partial charge in [0.2, 0.25) is 5.91 Å². The molecule has 0 aliphatic rings. The largest absolute Gasteiger partial charge is 0.508 e. The molecule has 4 rings (SSSR count). The highest BCUT2D eigenvalue weighted by Gasteiger charge is 2.29. The average Bonchev–Trinajstić information content (AvgIpc) is 3.04. The quantitative estimate of drug-likeness (QED) is 0.182. The maximum Gasteiger partial charge on any atom is 0.328 e. The van der Waals surface area contributed by atoms with Crippen molar-refractivity contribution in [2.45, 2.75) is 32.0 Å². The van der Waals surface area contributed by atoms with Crippen LogP contribution in [0.4, 0.5) is 5.69 Å². The maximum atomic E-state index is 13.9. The van der Waals surface area contributed by atoms with E-state index in [2.05, 4.69) is 16.7 Å². The van der Waals surface area contributed by atoms with Crippen LogP contribution >= 0.6 is 0 Å². The fraction of sp³-hybridized carbons (Fsp3) is 0.206. The second-order valence-corrected chi connectivity index (χ2v) is 9.63. The first-order chi connectivity index (χ1) is 20.9. The van der Waals surface area contributed by atoms with Crippen molar-refractivity contribution in [2.24, 2.45) is 0 Å². The van der Waals surface area contributed by atoms with Crippen LogP contribution < -0.4 is 20.1 Å². The Morgan fingerprint density at radius 1 is 0.907 bits per heavy atom. The fourth-order valence-corrected chi connectivity index (χ4v) is 4.39. The van der Waals surface area contributed by atoms with Gasteiger partial charge in [0.25, 0.3) is 0 Å². The van der Waals surface area contributed by atoms with Gasteiger partial charge in [-0.3, -0.25) is 4.79 Å². The molecule has 0 radical (unpaired) electrons. The third kappa shape index (κ3) is 8.50. The molecule has 0 saturated carbocycles. The van der Waals surface area contributed by atoms with E-state index >= 15 is 0 Å². The number of rotatable bonds is 13. The van der Waals surface area contributed by atoms with Crippen LogP contribution in [0.15, 0.2) is 97.1 Å². The Hall–Kier alpha value is -5.49. The number of esters is 1. The van der Waals surface area contributed by atoms with E-state index in [1.807, 2.05) is 30.3 Å². The average molecular weight is 580 g/mol. The Morgan fingerprint density at radius 3 is 2.28 bits per heavy atom. The normalized spacial score (nSPS) is 11.8. The van der Waals surface area contributed by atoms with E-state index in [1.54, 1.807) is 61.5 Å². The second-order valence-electron chi connectivity index (χ2n) is 9.63. The van der Waals surface area contributed by atoms with Crippen molar-refractivity contribution >= 4 is 17.6 Å². The minimum absolute atomic E-state index is 0.0947. The number of hydrogen-bond donors (Lipinski definition) is 3. The first-order valence-corrected chi connectivity index (χ1v) is 13.8. The molecule has 9 heteroatoms. The molecule has 0 aliphatic heterocycles. The summed E-state index contributed by atoms with van der Waals surface area (Å²) in [5.41, 5.74) is 3.34. The molecule has 2 atom stereocenters. The van der Waals surface area contributed by atoms with E-state index in [-0.39, 0.29) is 18.8 Å². The molecule has 43 heavy (non-hydrogen) atoms. The smallest absolute Gasteiger partial charge is 0.328 e. The van der Waals surface area contributed by atoms with E-state index in [4.69, 9.17) is 14.2 Å². The number of hydrogen-bond acceptors (Lipinski definition) is 8. The van der Waals surface area contributed by atoms with Gasteiger partial charge < -0.3 is 30.0 Å². The second kappa shape index (κ2) is 14.9. The number of carbonyl (C=O) groups is 2. The van der Waals surface area contributed by atoms with E-state index in [0.29, 0.717) is 34.9 Å². The molecule has 0 aliphatic carbocycles. The summed E-state index contributed by atoms with van der Waals surface area (Å²) in [7, 11) is 1.52. The van der Waals surface area contributed by atoms with Crippen LogP contribution in [-0.2, 0) is 27.4 Å². The van der Waals surface area contributed by atoms with E-state index < -0.39 is 24.0 Å². The maximum absolute atomic E-state index is 13.9. The summed E-state index contributed by atoms with van der Waals surface area (Å²) in [4.78, 5) is 26.8. The molecule has 4 aromatic carbocycles. The van der Waals surface area contributed by atoms with Gasteiger partial charge in [0.1, 0.15) is 24.4 Å². The Balaban J connectivity index is 1.62. The van der Waals surface area contributed by atoms with Crippen LogP contribution in [0.2, 0.25) is 0 Å². The predicted molar refractivity (Wildman–Crippen MR) is 162 cm³/mol. The van der Waals surface area contributed by atoms with Crippen LogP contribution in [0, 0.1) is 11.3 Å². The summed E-state index contributed by atoms with van der Waals surface area (Å²) in [6.07, 6.45) is 0.157. The first kappa shape index (κ1) is 30.5. The van der Waals surface area contributed by atoms with Crippen LogP contribution in [0.1, 0.15) is 35.2 Å². The number of phenolic OH excluding ortho intramolecular Hbond substituents is 1. The van der Waals surface area contributed by atoms with E-state index in [1.165, 1.54) is 19.2 Å². The number of phenols is 1. The summed E-state index contributed by atoms with van der Waals surface area (Å²) < 4.78 is 16.9. The van der Waals surface area contributed by atoms with E-state index in [9.17, 15) is 20.0 Å². The molecule has 1 amide bonds. The monoisotopic (exact) mass is 579 g/mol. The van der Waals surface area contributed by atoms with Gasteiger partial charge in [-0.2, -0.15) is 5.26 Å². The Kier molecular flexibility index (Phi) is 10.6. The Morgan fingerprint density at radius 2 is 1.63 bits per heavy atom. The summed E-state index contributed by atoms with van der Waals surface area (Å²) >= 11 is 0. The van der Waals surface area contributed by atoms with Crippen molar-refractivity contribution < 1.29 is 28.9 Å². The van der Waals surface area contributed by atoms with Gasteiger partial charge in [0.15, 0.2) is 11.5 Å². The number of amides is 1. The molecule has 0 spiro atoms. The van der Waals surface area contributed by atoms with Gasteiger partial charge in [0.05, 0.1) is 25.3 Å². The number of nitrogens with one attached hydrogen (secondary N) is 2. The minimum Gasteiger partial charge on any atom is -0.508 e. The Labute approximate surface area is 250 Å². The number of methoxy groups -OCH3 is 1. The highest BCUT2D eigenvalue weighted by Crippen LogP contribution is 2.32. The standard InChI is InChI=1S/C34H33N3O6/c1-3-42-34(40)29(19-23-11-16-28(38)17-12-23)37-33(39)32(36-27-14-9-24(21-35)10-15-27)26-13-18-30(31(20-26)41-2)43-22-25-7-5-4-6-8-25/h4-18,20,29,32,36,38H,3,19,22H2,1-2H3,(H,37,39)/t29?,32-/m0/s1. The number of anilines is 1. The molecule has 1 unspecified atom stereocenters. The SMILES string of the molecule is CCOC(=O)C(Cc1ccc(O)cc1)NC(=O)[C@@H](Nc1ccc(C#N)cc1)c1ccc(OCc2ccccc2)c(OC)c1. The molecule has 0 heterocycles. The lowest BCUT2D eigenvalue weighted by atomic mass is 10.0. The lowest BCUT2D eigenvalue weighted by Crippen LogP contribution is -2.46. The molecule has 220 valence electrons. The zero-order valence-electron chi connectivity index (χ0n) is 23.9. The molecule has 9 nitrogen and oxygen atoms in total. The number of aromatic hydroxyl groups is 1. The molecule has 0 aromatic heterocycles. The van der Waals surface area contributed by atoms with Gasteiger partial charge in [-0.25, -0.2) is 4.79 Å². The van der Waals surface area contributed by atoms with Gasteiger partial charge in [-0.15, -0.1) is 0 Å². The van der Waals surface area contributed by atoms with Crippen molar-refractivity contribution in [1.29, 1.82) is 5.26 Å². The number of carbonyl (C=O) groups excluding carboxylic acids is 2. The van der Waals surface area contributed by atoms with Crippen molar-refractivity contribution in [3.8, 4) is 23.3 Å². The molecular formula is C34H33N3O6. The highest BCUT2D eigenvalue weighted by atomic mass is 16.5. The van der Waals surface area contributed by atoms with Gasteiger partial charge in [0, 0.05) is 12.1 Å². The lowest BCUT2D eigenvalue weighted by molar-refractivity contribution is -0.147. The lowest BCUT2D eigenvalue weighted by Gasteiger charge is -2.24. The molecule has 0 fully saturated rings. The molecule has 3 N–H and O–H groups in total. The number of nitriles is 1. The molecule has 4 aromatic rings. The summed E-state index contributed by atoms with van der Waals surface area (Å²) in [5, 5.41) is 24.9. The number of ether oxygens (including phenoxy) is 3. The summed E-state index contributed by atoms with van der Waals surface area (Å²) in [5.74, 6) is -0.0370. The minimum atomic E-state index is -0.988.